The van der Waals surface area contributed by atoms with Crippen LogP contribution in [0.3, 0.4) is 0 Å². The van der Waals surface area contributed by atoms with E-state index in [0.29, 0.717) is 17.9 Å². The van der Waals surface area contributed by atoms with E-state index in [1.165, 1.54) is 0 Å². The molecule has 0 aliphatic carbocycles. The fourth-order valence-electron chi connectivity index (χ4n) is 2.59. The second-order valence-electron chi connectivity index (χ2n) is 5.36. The molecule has 0 aliphatic heterocycles. The Morgan fingerprint density at radius 2 is 2.00 bits per heavy atom. The van der Waals surface area contributed by atoms with Gasteiger partial charge in [0.15, 0.2) is 0 Å². The molecule has 3 rings (SSSR count). The van der Waals surface area contributed by atoms with E-state index in [0.717, 1.165) is 23.3 Å². The third-order valence-electron chi connectivity index (χ3n) is 3.84. The number of carboxylic acid groups (broad SMARTS) is 1. The van der Waals surface area contributed by atoms with Gasteiger partial charge in [-0.05, 0) is 17.7 Å². The molecule has 0 spiro atoms. The van der Waals surface area contributed by atoms with Gasteiger partial charge < -0.3 is 14.4 Å². The first-order valence-electron chi connectivity index (χ1n) is 7.49. The van der Waals surface area contributed by atoms with E-state index < -0.39 is 5.97 Å². The van der Waals surface area contributed by atoms with Gasteiger partial charge in [-0.1, -0.05) is 37.3 Å². The topological polar surface area (TPSA) is 64.3 Å². The van der Waals surface area contributed by atoms with Gasteiger partial charge in [-0.15, -0.1) is 0 Å². The molecule has 0 bridgehead atoms. The third-order valence-corrected chi connectivity index (χ3v) is 3.84. The van der Waals surface area contributed by atoms with Crippen LogP contribution in [0.25, 0.3) is 11.0 Å². The van der Waals surface area contributed by atoms with Crippen molar-refractivity contribution >= 4 is 17.0 Å². The number of fused-ring (bicyclic) bond motifs is 1. The minimum atomic E-state index is -0.976. The van der Waals surface area contributed by atoms with Crippen molar-refractivity contribution in [2.75, 3.05) is 0 Å². The van der Waals surface area contributed by atoms with Gasteiger partial charge in [0.25, 0.3) is 0 Å². The molecule has 0 radical (unpaired) electrons. The maximum atomic E-state index is 11.4. The van der Waals surface area contributed by atoms with Gasteiger partial charge in [0.1, 0.15) is 23.7 Å². The second kappa shape index (κ2) is 6.12. The molecule has 0 saturated carbocycles. The van der Waals surface area contributed by atoms with Crippen molar-refractivity contribution < 1.29 is 14.6 Å². The van der Waals surface area contributed by atoms with Crippen LogP contribution in [0.1, 0.15) is 28.7 Å². The number of carbonyl (C=O) groups is 1. The normalized spacial score (nSPS) is 10.9. The van der Waals surface area contributed by atoms with Crippen molar-refractivity contribution in [3.8, 4) is 5.75 Å². The summed E-state index contributed by atoms with van der Waals surface area (Å²) >= 11 is 0. The summed E-state index contributed by atoms with van der Waals surface area (Å²) in [6.45, 7) is 2.39. The van der Waals surface area contributed by atoms with Gasteiger partial charge in [-0.25, -0.2) is 9.78 Å². The fraction of sp³-hybridized carbons (Fsp3) is 0.222. The number of nitrogens with zero attached hydrogens (tertiary/aromatic N) is 2. The summed E-state index contributed by atoms with van der Waals surface area (Å²) in [5.41, 5.74) is 2.69. The van der Waals surface area contributed by atoms with Crippen LogP contribution in [0.5, 0.6) is 5.75 Å². The molecule has 0 unspecified atom stereocenters. The minimum absolute atomic E-state index is 0.200. The summed E-state index contributed by atoms with van der Waals surface area (Å²) in [6.07, 6.45) is 0.770. The van der Waals surface area contributed by atoms with Gasteiger partial charge in [0.05, 0.1) is 11.1 Å². The average Bonchev–Trinajstić information content (AvgIpc) is 2.90. The average molecular weight is 310 g/mol. The Bertz CT molecular complexity index is 854. The number of rotatable bonds is 5. The molecule has 2 aromatic carbocycles. The SMILES string of the molecule is CCc1nc2c(OCc3ccccc3)cc(C(=O)O)cc2n1C. The molecule has 23 heavy (non-hydrogen) atoms. The lowest BCUT2D eigenvalue weighted by Crippen LogP contribution is -2.01. The number of ether oxygens (including phenoxy) is 1. The van der Waals surface area contributed by atoms with E-state index in [1.807, 2.05) is 48.9 Å². The van der Waals surface area contributed by atoms with Crippen LogP contribution in [-0.4, -0.2) is 20.6 Å². The lowest BCUT2D eigenvalue weighted by Gasteiger charge is -2.08. The summed E-state index contributed by atoms with van der Waals surface area (Å²) in [5, 5.41) is 9.32. The number of hydrogen-bond donors (Lipinski definition) is 1. The highest BCUT2D eigenvalue weighted by Crippen LogP contribution is 2.28. The van der Waals surface area contributed by atoms with Crippen molar-refractivity contribution in [3.05, 3.63) is 59.4 Å². The van der Waals surface area contributed by atoms with E-state index in [2.05, 4.69) is 4.98 Å². The minimum Gasteiger partial charge on any atom is -0.487 e. The van der Waals surface area contributed by atoms with E-state index in [4.69, 9.17) is 4.74 Å². The summed E-state index contributed by atoms with van der Waals surface area (Å²) < 4.78 is 7.78. The molecule has 0 saturated heterocycles. The highest BCUT2D eigenvalue weighted by atomic mass is 16.5. The smallest absolute Gasteiger partial charge is 0.335 e. The molecule has 118 valence electrons. The first-order valence-corrected chi connectivity index (χ1v) is 7.49. The molecule has 0 fully saturated rings. The molecule has 5 nitrogen and oxygen atoms in total. The molecule has 5 heteroatoms. The second-order valence-corrected chi connectivity index (χ2v) is 5.36. The largest absolute Gasteiger partial charge is 0.487 e. The van der Waals surface area contributed by atoms with Crippen LogP contribution in [-0.2, 0) is 20.1 Å². The van der Waals surface area contributed by atoms with Crippen LogP contribution < -0.4 is 4.74 Å². The maximum absolute atomic E-state index is 11.4. The summed E-state index contributed by atoms with van der Waals surface area (Å²) in [5.74, 6) is 0.418. The molecule has 1 heterocycles. The summed E-state index contributed by atoms with van der Waals surface area (Å²) in [4.78, 5) is 16.0. The first-order chi connectivity index (χ1) is 11.1. The zero-order valence-electron chi connectivity index (χ0n) is 13.1. The quantitative estimate of drug-likeness (QED) is 0.784. The number of aromatic carboxylic acids is 1. The van der Waals surface area contributed by atoms with Crippen molar-refractivity contribution in [2.45, 2.75) is 20.0 Å². The van der Waals surface area contributed by atoms with Crippen LogP contribution in [0.2, 0.25) is 0 Å². The zero-order valence-corrected chi connectivity index (χ0v) is 13.1. The number of aromatic nitrogens is 2. The van der Waals surface area contributed by atoms with Gasteiger partial charge >= 0.3 is 5.97 Å². The highest BCUT2D eigenvalue weighted by Gasteiger charge is 2.16. The van der Waals surface area contributed by atoms with E-state index in [9.17, 15) is 9.90 Å². The van der Waals surface area contributed by atoms with Crippen LogP contribution in [0.15, 0.2) is 42.5 Å². The molecule has 0 aliphatic rings. The van der Waals surface area contributed by atoms with Crippen LogP contribution in [0, 0.1) is 0 Å². The van der Waals surface area contributed by atoms with E-state index in [1.54, 1.807) is 12.1 Å². The number of carboxylic acids is 1. The Labute approximate surface area is 134 Å². The Kier molecular flexibility index (Phi) is 4.02. The Morgan fingerprint density at radius 3 is 2.65 bits per heavy atom. The predicted octanol–water partition coefficient (Wildman–Crippen LogP) is 3.41. The lowest BCUT2D eigenvalue weighted by atomic mass is 10.2. The first kappa shape index (κ1) is 15.1. The number of benzene rings is 2. The summed E-state index contributed by atoms with van der Waals surface area (Å²) in [6, 6.07) is 12.9. The van der Waals surface area contributed by atoms with Gasteiger partial charge in [-0.3, -0.25) is 0 Å². The Morgan fingerprint density at radius 1 is 1.26 bits per heavy atom. The van der Waals surface area contributed by atoms with Crippen LogP contribution >= 0.6 is 0 Å². The molecule has 3 aromatic rings. The summed E-state index contributed by atoms with van der Waals surface area (Å²) in [7, 11) is 1.89. The number of imidazole rings is 1. The third kappa shape index (κ3) is 2.90. The molecule has 1 N–H and O–H groups in total. The Hall–Kier alpha value is -2.82. The van der Waals surface area contributed by atoms with Crippen molar-refractivity contribution in [3.63, 3.8) is 0 Å². The van der Waals surface area contributed by atoms with Crippen molar-refractivity contribution in [1.82, 2.24) is 9.55 Å². The molecule has 1 aromatic heterocycles. The van der Waals surface area contributed by atoms with Gasteiger partial charge in [0.2, 0.25) is 0 Å². The van der Waals surface area contributed by atoms with E-state index >= 15 is 0 Å². The van der Waals surface area contributed by atoms with Gasteiger partial charge in [0, 0.05) is 13.5 Å². The highest BCUT2D eigenvalue weighted by molar-refractivity contribution is 5.95. The maximum Gasteiger partial charge on any atom is 0.335 e. The van der Waals surface area contributed by atoms with Crippen molar-refractivity contribution in [2.24, 2.45) is 7.05 Å². The molecule has 0 atom stereocenters. The molecular weight excluding hydrogens is 292 g/mol. The van der Waals surface area contributed by atoms with Crippen molar-refractivity contribution in [1.29, 1.82) is 0 Å². The van der Waals surface area contributed by atoms with Crippen LogP contribution in [0.4, 0.5) is 0 Å². The molecule has 0 amide bonds. The van der Waals surface area contributed by atoms with Gasteiger partial charge in [-0.2, -0.15) is 0 Å². The molecular formula is C18H18N2O3. The monoisotopic (exact) mass is 310 g/mol. The lowest BCUT2D eigenvalue weighted by molar-refractivity contribution is 0.0696. The predicted molar refractivity (Wildman–Crippen MR) is 87.8 cm³/mol. The number of hydrogen-bond acceptors (Lipinski definition) is 3. The standard InChI is InChI=1S/C18H18N2O3/c1-3-16-19-17-14(20(16)2)9-13(18(21)22)10-15(17)23-11-12-7-5-4-6-8-12/h4-10H,3,11H2,1-2H3,(H,21,22). The Balaban J connectivity index is 2.04. The van der Waals surface area contributed by atoms with E-state index in [-0.39, 0.29) is 5.56 Å². The fourth-order valence-corrected chi connectivity index (χ4v) is 2.59. The zero-order chi connectivity index (χ0) is 16.4. The number of aryl methyl sites for hydroxylation is 2.